The molecule has 1 atom stereocenters. The maximum atomic E-state index is 12.7. The van der Waals surface area contributed by atoms with Gasteiger partial charge < -0.3 is 0 Å². The summed E-state index contributed by atoms with van der Waals surface area (Å²) in [4.78, 5) is 12.7. The van der Waals surface area contributed by atoms with Gasteiger partial charge in [-0.1, -0.05) is 48.9 Å². The Balaban J connectivity index is 2.39. The second kappa shape index (κ2) is 6.02. The van der Waals surface area contributed by atoms with Gasteiger partial charge in [0.05, 0.1) is 11.2 Å². The third-order valence-corrected chi connectivity index (χ3v) is 3.53. The van der Waals surface area contributed by atoms with Gasteiger partial charge >= 0.3 is 0 Å². The number of carbonyl (C=O) groups excluding carboxylic acids is 1. The van der Waals surface area contributed by atoms with E-state index in [1.54, 1.807) is 4.68 Å². The lowest BCUT2D eigenvalue weighted by Gasteiger charge is -2.15. The quantitative estimate of drug-likeness (QED) is 0.776. The lowest BCUT2D eigenvalue weighted by molar-refractivity contribution is 0.0947. The topological polar surface area (TPSA) is 34.9 Å². The van der Waals surface area contributed by atoms with Gasteiger partial charge in [0, 0.05) is 12.5 Å². The lowest BCUT2D eigenvalue weighted by atomic mass is 9.90. The molecule has 1 aromatic heterocycles. The predicted octanol–water partition coefficient (Wildman–Crippen LogP) is 3.93. The van der Waals surface area contributed by atoms with Gasteiger partial charge in [0.2, 0.25) is 0 Å². The van der Waals surface area contributed by atoms with Gasteiger partial charge in [-0.2, -0.15) is 5.10 Å². The highest BCUT2D eigenvalue weighted by Gasteiger charge is 2.25. The van der Waals surface area contributed by atoms with E-state index in [9.17, 15) is 4.79 Å². The highest BCUT2D eigenvalue weighted by atomic mass is 35.5. The molecule has 0 aliphatic rings. The summed E-state index contributed by atoms with van der Waals surface area (Å²) >= 11 is 6.10. The van der Waals surface area contributed by atoms with Crippen LogP contribution in [0, 0.1) is 0 Å². The molecule has 0 saturated heterocycles. The second-order valence-corrected chi connectivity index (χ2v) is 4.80. The van der Waals surface area contributed by atoms with Crippen LogP contribution in [0.25, 0.3) is 0 Å². The molecule has 4 heteroatoms. The van der Waals surface area contributed by atoms with Gasteiger partial charge in [-0.05, 0) is 18.9 Å². The Morgan fingerprint density at radius 3 is 2.58 bits per heavy atom. The fraction of sp³-hybridized carbons (Fsp3) is 0.333. The number of carbonyl (C=O) groups is 1. The smallest absolute Gasteiger partial charge is 0.189 e. The number of halogens is 1. The largest absolute Gasteiger partial charge is 0.292 e. The Bertz CT molecular complexity index is 563. The number of hydrogen-bond acceptors (Lipinski definition) is 2. The van der Waals surface area contributed by atoms with Crippen molar-refractivity contribution in [1.29, 1.82) is 0 Å². The first-order chi connectivity index (χ1) is 9.19. The van der Waals surface area contributed by atoms with Crippen LogP contribution in [-0.4, -0.2) is 15.6 Å². The van der Waals surface area contributed by atoms with Crippen molar-refractivity contribution >= 4 is 17.4 Å². The van der Waals surface area contributed by atoms with Crippen LogP contribution in [0.15, 0.2) is 36.5 Å². The summed E-state index contributed by atoms with van der Waals surface area (Å²) in [5.74, 6) is -0.126. The van der Waals surface area contributed by atoms with Crippen molar-refractivity contribution < 1.29 is 4.79 Å². The van der Waals surface area contributed by atoms with Crippen molar-refractivity contribution in [3.8, 4) is 0 Å². The molecule has 2 rings (SSSR count). The monoisotopic (exact) mass is 276 g/mol. The SMILES string of the molecule is CCC(C(=O)c1c(Cl)cnn1CC)c1ccccc1. The van der Waals surface area contributed by atoms with Crippen molar-refractivity contribution in [2.24, 2.45) is 0 Å². The van der Waals surface area contributed by atoms with Gasteiger partial charge in [-0.25, -0.2) is 0 Å². The predicted molar refractivity (Wildman–Crippen MR) is 76.7 cm³/mol. The summed E-state index contributed by atoms with van der Waals surface area (Å²) < 4.78 is 1.66. The summed E-state index contributed by atoms with van der Waals surface area (Å²) in [5.41, 5.74) is 1.54. The Kier molecular flexibility index (Phi) is 4.38. The van der Waals surface area contributed by atoms with E-state index in [4.69, 9.17) is 11.6 Å². The highest BCUT2D eigenvalue weighted by Crippen LogP contribution is 2.27. The summed E-state index contributed by atoms with van der Waals surface area (Å²) in [6.07, 6.45) is 2.28. The third kappa shape index (κ3) is 2.71. The zero-order valence-corrected chi connectivity index (χ0v) is 11.9. The number of nitrogens with zero attached hydrogens (tertiary/aromatic N) is 2. The lowest BCUT2D eigenvalue weighted by Crippen LogP contribution is -2.17. The number of ketones is 1. The van der Waals surface area contributed by atoms with E-state index < -0.39 is 0 Å². The first-order valence-corrected chi connectivity index (χ1v) is 6.87. The fourth-order valence-corrected chi connectivity index (χ4v) is 2.50. The van der Waals surface area contributed by atoms with Crippen LogP contribution >= 0.6 is 11.6 Å². The van der Waals surface area contributed by atoms with E-state index in [1.807, 2.05) is 44.2 Å². The van der Waals surface area contributed by atoms with Crippen molar-refractivity contribution in [2.75, 3.05) is 0 Å². The van der Waals surface area contributed by atoms with Crippen molar-refractivity contribution in [1.82, 2.24) is 9.78 Å². The van der Waals surface area contributed by atoms with Crippen LogP contribution in [0.3, 0.4) is 0 Å². The standard InChI is InChI=1S/C15H17ClN2O/c1-3-12(11-8-6-5-7-9-11)15(19)14-13(16)10-17-18(14)4-2/h5-10,12H,3-4H2,1-2H3. The minimum Gasteiger partial charge on any atom is -0.292 e. The van der Waals surface area contributed by atoms with Crippen LogP contribution in [0.4, 0.5) is 0 Å². The van der Waals surface area contributed by atoms with Gasteiger partial charge in [-0.3, -0.25) is 9.48 Å². The maximum Gasteiger partial charge on any atom is 0.189 e. The van der Waals surface area contributed by atoms with Crippen molar-refractivity contribution in [3.63, 3.8) is 0 Å². The second-order valence-electron chi connectivity index (χ2n) is 4.39. The first kappa shape index (κ1) is 13.8. The molecule has 2 aromatic rings. The molecule has 0 spiro atoms. The summed E-state index contributed by atoms with van der Waals surface area (Å²) in [7, 11) is 0. The van der Waals surface area contributed by atoms with E-state index >= 15 is 0 Å². The molecule has 1 aromatic carbocycles. The highest BCUT2D eigenvalue weighted by molar-refractivity contribution is 6.33. The third-order valence-electron chi connectivity index (χ3n) is 3.25. The Morgan fingerprint density at radius 2 is 2.00 bits per heavy atom. The normalized spacial score (nSPS) is 12.4. The average Bonchev–Trinajstić information content (AvgIpc) is 2.81. The zero-order valence-electron chi connectivity index (χ0n) is 11.1. The molecule has 0 radical (unpaired) electrons. The van der Waals surface area contributed by atoms with Gasteiger partial charge in [0.15, 0.2) is 5.78 Å². The number of benzene rings is 1. The van der Waals surface area contributed by atoms with E-state index in [2.05, 4.69) is 5.10 Å². The Morgan fingerprint density at radius 1 is 1.32 bits per heavy atom. The summed E-state index contributed by atoms with van der Waals surface area (Å²) in [6.45, 7) is 4.60. The Labute approximate surface area is 118 Å². The molecule has 1 heterocycles. The maximum absolute atomic E-state index is 12.7. The molecule has 1 unspecified atom stereocenters. The zero-order chi connectivity index (χ0) is 13.8. The van der Waals surface area contributed by atoms with Crippen LogP contribution < -0.4 is 0 Å². The number of rotatable bonds is 5. The number of Topliss-reactive ketones (excluding diaryl/α,β-unsaturated/α-hetero) is 1. The molecule has 0 aliphatic carbocycles. The fourth-order valence-electron chi connectivity index (χ4n) is 2.27. The molecule has 0 saturated carbocycles. The number of hydrogen-bond donors (Lipinski definition) is 0. The molecule has 0 N–H and O–H groups in total. The Hall–Kier alpha value is -1.61. The molecular weight excluding hydrogens is 260 g/mol. The minimum atomic E-state index is -0.166. The van der Waals surface area contributed by atoms with Gasteiger partial charge in [0.1, 0.15) is 5.69 Å². The van der Waals surface area contributed by atoms with E-state index in [0.29, 0.717) is 17.3 Å². The number of aromatic nitrogens is 2. The molecule has 3 nitrogen and oxygen atoms in total. The summed E-state index contributed by atoms with van der Waals surface area (Å²) in [6, 6.07) is 9.80. The molecular formula is C15H17ClN2O. The van der Waals surface area contributed by atoms with Crippen LogP contribution in [0.1, 0.15) is 42.2 Å². The molecule has 0 bridgehead atoms. The van der Waals surface area contributed by atoms with Crippen molar-refractivity contribution in [2.45, 2.75) is 32.7 Å². The average molecular weight is 277 g/mol. The molecule has 0 amide bonds. The molecule has 19 heavy (non-hydrogen) atoms. The van der Waals surface area contributed by atoms with Crippen LogP contribution in [-0.2, 0) is 6.54 Å². The molecule has 100 valence electrons. The summed E-state index contributed by atoms with van der Waals surface area (Å²) in [5, 5.41) is 4.56. The van der Waals surface area contributed by atoms with Gasteiger partial charge in [0.25, 0.3) is 0 Å². The molecule has 0 fully saturated rings. The van der Waals surface area contributed by atoms with Crippen LogP contribution in [0.2, 0.25) is 5.02 Å². The molecule has 0 aliphatic heterocycles. The minimum absolute atomic E-state index is 0.0399. The van der Waals surface area contributed by atoms with Crippen molar-refractivity contribution in [3.05, 3.63) is 52.8 Å². The van der Waals surface area contributed by atoms with E-state index in [0.717, 1.165) is 12.0 Å². The van der Waals surface area contributed by atoms with E-state index in [1.165, 1.54) is 6.20 Å². The van der Waals surface area contributed by atoms with Gasteiger partial charge in [-0.15, -0.1) is 0 Å². The van der Waals surface area contributed by atoms with E-state index in [-0.39, 0.29) is 11.7 Å². The first-order valence-electron chi connectivity index (χ1n) is 6.49. The van der Waals surface area contributed by atoms with Crippen LogP contribution in [0.5, 0.6) is 0 Å². The number of aryl methyl sites for hydroxylation is 1.